The molecule has 2 rings (SSSR count). The summed E-state index contributed by atoms with van der Waals surface area (Å²) in [5.74, 6) is 0.156. The van der Waals surface area contributed by atoms with E-state index in [4.69, 9.17) is 11.6 Å². The van der Waals surface area contributed by atoms with Crippen LogP contribution in [0.5, 0.6) is 0 Å². The molecule has 0 aliphatic carbocycles. The number of carbonyl (C=O) groups excluding carboxylic acids is 1. The van der Waals surface area contributed by atoms with Crippen LogP contribution in [0.25, 0.3) is 5.69 Å². The highest BCUT2D eigenvalue weighted by Gasteiger charge is 2.16. The van der Waals surface area contributed by atoms with Gasteiger partial charge < -0.3 is 0 Å². The zero-order valence-electron chi connectivity index (χ0n) is 9.59. The molecule has 0 radical (unpaired) electrons. The van der Waals surface area contributed by atoms with E-state index in [1.165, 1.54) is 4.68 Å². The Morgan fingerprint density at radius 1 is 1.41 bits per heavy atom. The maximum Gasteiger partial charge on any atom is 0.170 e. The van der Waals surface area contributed by atoms with E-state index in [-0.39, 0.29) is 5.92 Å². The molecular weight excluding hydrogens is 238 g/mol. The van der Waals surface area contributed by atoms with Crippen LogP contribution in [0.2, 0.25) is 5.02 Å². The Balaban J connectivity index is 2.56. The summed E-state index contributed by atoms with van der Waals surface area (Å²) in [6.45, 7) is 3.94. The highest BCUT2D eigenvalue weighted by atomic mass is 35.5. The molecular formula is C12H12ClN3O. The monoisotopic (exact) mass is 249 g/mol. The van der Waals surface area contributed by atoms with E-state index in [1.54, 1.807) is 12.1 Å². The Morgan fingerprint density at radius 3 is 2.76 bits per heavy atom. The standard InChI is InChI=1S/C12H12ClN3O/c1-8(2)12-11(7-17)16(15-14-12)10-5-3-4-9(13)6-10/h3-8H,1-2H3. The van der Waals surface area contributed by atoms with Gasteiger partial charge in [0.25, 0.3) is 0 Å². The fourth-order valence-electron chi connectivity index (χ4n) is 1.62. The Bertz CT molecular complexity index is 548. The summed E-state index contributed by atoms with van der Waals surface area (Å²) in [6, 6.07) is 7.15. The zero-order valence-corrected chi connectivity index (χ0v) is 10.3. The number of aromatic nitrogens is 3. The van der Waals surface area contributed by atoms with Crippen molar-refractivity contribution in [2.75, 3.05) is 0 Å². The molecule has 0 spiro atoms. The predicted octanol–water partition coefficient (Wildman–Crippen LogP) is 2.86. The van der Waals surface area contributed by atoms with Gasteiger partial charge >= 0.3 is 0 Å². The minimum Gasteiger partial charge on any atom is -0.296 e. The second-order valence-electron chi connectivity index (χ2n) is 4.02. The third-order valence-electron chi connectivity index (χ3n) is 2.44. The first-order chi connectivity index (χ1) is 8.13. The number of benzene rings is 1. The molecule has 0 amide bonds. The van der Waals surface area contributed by atoms with Crippen LogP contribution in [-0.4, -0.2) is 21.3 Å². The van der Waals surface area contributed by atoms with Crippen LogP contribution in [0.4, 0.5) is 0 Å². The summed E-state index contributed by atoms with van der Waals surface area (Å²) < 4.78 is 1.51. The summed E-state index contributed by atoms with van der Waals surface area (Å²) in [5.41, 5.74) is 1.90. The number of nitrogens with zero attached hydrogens (tertiary/aromatic N) is 3. The van der Waals surface area contributed by atoms with Gasteiger partial charge in [0.05, 0.1) is 11.4 Å². The van der Waals surface area contributed by atoms with Gasteiger partial charge in [-0.05, 0) is 24.1 Å². The van der Waals surface area contributed by atoms with Crippen molar-refractivity contribution in [3.05, 3.63) is 40.7 Å². The number of hydrogen-bond donors (Lipinski definition) is 0. The first-order valence-corrected chi connectivity index (χ1v) is 5.68. The highest BCUT2D eigenvalue weighted by molar-refractivity contribution is 6.30. The number of rotatable bonds is 3. The zero-order chi connectivity index (χ0) is 12.4. The maximum atomic E-state index is 11.1. The van der Waals surface area contributed by atoms with Crippen LogP contribution in [0.3, 0.4) is 0 Å². The van der Waals surface area contributed by atoms with Gasteiger partial charge in [0.2, 0.25) is 0 Å². The van der Waals surface area contributed by atoms with E-state index < -0.39 is 0 Å². The summed E-state index contributed by atoms with van der Waals surface area (Å²) in [5, 5.41) is 8.63. The van der Waals surface area contributed by atoms with Crippen LogP contribution in [0, 0.1) is 0 Å². The second kappa shape index (κ2) is 4.67. The Labute approximate surface area is 104 Å². The van der Waals surface area contributed by atoms with Crippen molar-refractivity contribution < 1.29 is 4.79 Å². The number of hydrogen-bond acceptors (Lipinski definition) is 3. The third-order valence-corrected chi connectivity index (χ3v) is 2.68. The summed E-state index contributed by atoms with van der Waals surface area (Å²) in [4.78, 5) is 11.1. The van der Waals surface area contributed by atoms with Gasteiger partial charge in [-0.3, -0.25) is 4.79 Å². The van der Waals surface area contributed by atoms with Crippen molar-refractivity contribution in [2.24, 2.45) is 0 Å². The summed E-state index contributed by atoms with van der Waals surface area (Å²) >= 11 is 5.91. The minimum atomic E-state index is 0.156. The summed E-state index contributed by atoms with van der Waals surface area (Å²) in [6.07, 6.45) is 0.774. The van der Waals surface area contributed by atoms with Crippen LogP contribution >= 0.6 is 11.6 Å². The second-order valence-corrected chi connectivity index (χ2v) is 4.46. The molecule has 0 aliphatic rings. The van der Waals surface area contributed by atoms with Gasteiger partial charge in [0, 0.05) is 5.02 Å². The van der Waals surface area contributed by atoms with Gasteiger partial charge in [-0.25, -0.2) is 4.68 Å². The minimum absolute atomic E-state index is 0.156. The molecule has 1 aromatic carbocycles. The molecule has 4 nitrogen and oxygen atoms in total. The smallest absolute Gasteiger partial charge is 0.170 e. The lowest BCUT2D eigenvalue weighted by molar-refractivity contribution is 0.111. The van der Waals surface area contributed by atoms with Crippen LogP contribution in [0.1, 0.15) is 35.9 Å². The van der Waals surface area contributed by atoms with Crippen molar-refractivity contribution in [3.63, 3.8) is 0 Å². The molecule has 0 saturated carbocycles. The van der Waals surface area contributed by atoms with Crippen LogP contribution < -0.4 is 0 Å². The van der Waals surface area contributed by atoms with E-state index in [2.05, 4.69) is 10.3 Å². The fraction of sp³-hybridized carbons (Fsp3) is 0.250. The van der Waals surface area contributed by atoms with Crippen molar-refractivity contribution >= 4 is 17.9 Å². The van der Waals surface area contributed by atoms with E-state index in [1.807, 2.05) is 26.0 Å². The highest BCUT2D eigenvalue weighted by Crippen LogP contribution is 2.20. The lowest BCUT2D eigenvalue weighted by Crippen LogP contribution is -2.03. The van der Waals surface area contributed by atoms with E-state index in [0.717, 1.165) is 12.0 Å². The van der Waals surface area contributed by atoms with E-state index >= 15 is 0 Å². The number of halogens is 1. The number of carbonyl (C=O) groups is 1. The molecule has 0 unspecified atom stereocenters. The average molecular weight is 250 g/mol. The van der Waals surface area contributed by atoms with Gasteiger partial charge in [0.15, 0.2) is 6.29 Å². The largest absolute Gasteiger partial charge is 0.296 e. The third kappa shape index (κ3) is 2.22. The van der Waals surface area contributed by atoms with Crippen molar-refractivity contribution in [2.45, 2.75) is 19.8 Å². The van der Waals surface area contributed by atoms with Crippen LogP contribution in [-0.2, 0) is 0 Å². The van der Waals surface area contributed by atoms with Crippen molar-refractivity contribution in [1.82, 2.24) is 15.0 Å². The molecule has 0 aliphatic heterocycles. The molecule has 5 heteroatoms. The first kappa shape index (κ1) is 11.8. The van der Waals surface area contributed by atoms with Gasteiger partial charge in [-0.15, -0.1) is 5.10 Å². The molecule has 1 heterocycles. The molecule has 2 aromatic rings. The molecule has 88 valence electrons. The van der Waals surface area contributed by atoms with Crippen molar-refractivity contribution in [1.29, 1.82) is 0 Å². The molecule has 0 saturated heterocycles. The Hall–Kier alpha value is -1.68. The average Bonchev–Trinajstić information content (AvgIpc) is 2.72. The molecule has 0 atom stereocenters. The normalized spacial score (nSPS) is 10.8. The SMILES string of the molecule is CC(C)c1nnn(-c2cccc(Cl)c2)c1C=O. The maximum absolute atomic E-state index is 11.1. The lowest BCUT2D eigenvalue weighted by atomic mass is 10.1. The predicted molar refractivity (Wildman–Crippen MR) is 65.8 cm³/mol. The molecule has 17 heavy (non-hydrogen) atoms. The fourth-order valence-corrected chi connectivity index (χ4v) is 1.81. The lowest BCUT2D eigenvalue weighted by Gasteiger charge is -2.04. The molecule has 0 N–H and O–H groups in total. The Morgan fingerprint density at radius 2 is 2.18 bits per heavy atom. The van der Waals surface area contributed by atoms with E-state index in [0.29, 0.717) is 16.4 Å². The number of aldehydes is 1. The quantitative estimate of drug-likeness (QED) is 0.786. The van der Waals surface area contributed by atoms with Gasteiger partial charge in [-0.2, -0.15) is 0 Å². The van der Waals surface area contributed by atoms with Crippen molar-refractivity contribution in [3.8, 4) is 5.69 Å². The molecule has 1 aromatic heterocycles. The van der Waals surface area contributed by atoms with Gasteiger partial charge in [-0.1, -0.05) is 36.7 Å². The van der Waals surface area contributed by atoms with E-state index in [9.17, 15) is 4.79 Å². The topological polar surface area (TPSA) is 47.8 Å². The first-order valence-electron chi connectivity index (χ1n) is 5.30. The van der Waals surface area contributed by atoms with Gasteiger partial charge in [0.1, 0.15) is 5.69 Å². The molecule has 0 fully saturated rings. The Kier molecular flexibility index (Phi) is 3.24. The van der Waals surface area contributed by atoms with Crippen LogP contribution in [0.15, 0.2) is 24.3 Å². The molecule has 0 bridgehead atoms. The summed E-state index contributed by atoms with van der Waals surface area (Å²) in [7, 11) is 0.